The van der Waals surface area contributed by atoms with Gasteiger partial charge in [0, 0.05) is 17.6 Å². The molecule has 0 spiro atoms. The van der Waals surface area contributed by atoms with Crippen molar-refractivity contribution in [2.24, 2.45) is 0 Å². The smallest absolute Gasteiger partial charge is 0.0811 e. The monoisotopic (exact) mass is 205 g/mol. The Labute approximate surface area is 86.9 Å². The van der Waals surface area contributed by atoms with Gasteiger partial charge in [-0.15, -0.1) is 11.3 Å². The minimum absolute atomic E-state index is 0.204. The molecule has 2 nitrogen and oxygen atoms in total. The maximum Gasteiger partial charge on any atom is 0.0811 e. The quantitative estimate of drug-likeness (QED) is 0.834. The molecule has 1 heterocycles. The van der Waals surface area contributed by atoms with Crippen LogP contribution in [0.5, 0.6) is 0 Å². The van der Waals surface area contributed by atoms with Gasteiger partial charge in [-0.2, -0.15) is 0 Å². The van der Waals surface area contributed by atoms with E-state index in [-0.39, 0.29) is 6.61 Å². The van der Waals surface area contributed by atoms with Crippen molar-refractivity contribution in [3.05, 3.63) is 40.7 Å². The van der Waals surface area contributed by atoms with E-state index in [2.05, 4.69) is 4.98 Å². The van der Waals surface area contributed by atoms with E-state index < -0.39 is 0 Å². The van der Waals surface area contributed by atoms with Crippen LogP contribution in [0.4, 0.5) is 0 Å². The summed E-state index contributed by atoms with van der Waals surface area (Å²) in [5, 5.41) is 10.8. The second-order valence-corrected chi connectivity index (χ2v) is 3.76. The number of aromatic nitrogens is 1. The van der Waals surface area contributed by atoms with Gasteiger partial charge >= 0.3 is 0 Å². The van der Waals surface area contributed by atoms with Crippen LogP contribution in [0.15, 0.2) is 35.2 Å². The molecule has 2 aromatic rings. The topological polar surface area (TPSA) is 33.1 Å². The van der Waals surface area contributed by atoms with Gasteiger partial charge in [0.2, 0.25) is 0 Å². The molecule has 0 atom stereocenters. The molecule has 0 saturated carbocycles. The van der Waals surface area contributed by atoms with Crippen molar-refractivity contribution in [3.63, 3.8) is 0 Å². The highest BCUT2D eigenvalue weighted by Crippen LogP contribution is 2.19. The van der Waals surface area contributed by atoms with Gasteiger partial charge in [0.15, 0.2) is 0 Å². The van der Waals surface area contributed by atoms with Crippen LogP contribution in [0, 0.1) is 0 Å². The van der Waals surface area contributed by atoms with Crippen molar-refractivity contribution >= 4 is 11.3 Å². The lowest BCUT2D eigenvalue weighted by Crippen LogP contribution is -1.89. The van der Waals surface area contributed by atoms with Gasteiger partial charge in [0.1, 0.15) is 0 Å². The summed E-state index contributed by atoms with van der Waals surface area (Å²) in [6.07, 6.45) is 0.720. The van der Waals surface area contributed by atoms with Gasteiger partial charge in [0.05, 0.1) is 11.2 Å². The second-order valence-electron chi connectivity index (χ2n) is 3.04. The maximum absolute atomic E-state index is 8.76. The Hall–Kier alpha value is -1.19. The summed E-state index contributed by atoms with van der Waals surface area (Å²) in [6.45, 7) is 0.204. The third-order valence-corrected chi connectivity index (χ3v) is 2.67. The minimum atomic E-state index is 0.204. The van der Waals surface area contributed by atoms with Crippen LogP contribution in [-0.2, 0) is 6.42 Å². The van der Waals surface area contributed by atoms with Gasteiger partial charge in [-0.05, 0) is 12.0 Å². The normalized spacial score (nSPS) is 10.4. The lowest BCUT2D eigenvalue weighted by molar-refractivity contribution is 0.299. The van der Waals surface area contributed by atoms with Crippen LogP contribution in [-0.4, -0.2) is 16.7 Å². The second kappa shape index (κ2) is 4.35. The fourth-order valence-electron chi connectivity index (χ4n) is 1.33. The van der Waals surface area contributed by atoms with Gasteiger partial charge in [-0.3, -0.25) is 0 Å². The first-order valence-corrected chi connectivity index (χ1v) is 5.43. The van der Waals surface area contributed by atoms with Crippen molar-refractivity contribution in [2.45, 2.75) is 6.42 Å². The van der Waals surface area contributed by atoms with E-state index in [1.807, 2.05) is 35.2 Å². The Morgan fingerprint density at radius 2 is 2.00 bits per heavy atom. The summed E-state index contributed by atoms with van der Waals surface area (Å²) in [7, 11) is 0. The minimum Gasteiger partial charge on any atom is -0.396 e. The molecule has 1 aromatic heterocycles. The molecule has 72 valence electrons. The Balaban J connectivity index is 2.22. The third kappa shape index (κ3) is 2.00. The molecule has 0 aliphatic carbocycles. The van der Waals surface area contributed by atoms with Gasteiger partial charge in [-0.25, -0.2) is 4.98 Å². The van der Waals surface area contributed by atoms with Crippen molar-refractivity contribution in [1.82, 2.24) is 4.98 Å². The SMILES string of the molecule is OCCc1ccc(-c2cscn2)cc1. The highest BCUT2D eigenvalue weighted by atomic mass is 32.1. The zero-order valence-electron chi connectivity index (χ0n) is 7.68. The van der Waals surface area contributed by atoms with Gasteiger partial charge in [0.25, 0.3) is 0 Å². The Morgan fingerprint density at radius 3 is 2.57 bits per heavy atom. The molecule has 0 aliphatic rings. The highest BCUT2D eigenvalue weighted by molar-refractivity contribution is 7.07. The van der Waals surface area contributed by atoms with Crippen molar-refractivity contribution in [3.8, 4) is 11.3 Å². The molecule has 3 heteroatoms. The molecule has 1 aromatic carbocycles. The third-order valence-electron chi connectivity index (χ3n) is 2.08. The molecular weight excluding hydrogens is 194 g/mol. The molecule has 0 radical (unpaired) electrons. The number of thiazole rings is 1. The lowest BCUT2D eigenvalue weighted by atomic mass is 10.1. The molecule has 14 heavy (non-hydrogen) atoms. The van der Waals surface area contributed by atoms with E-state index in [9.17, 15) is 0 Å². The molecular formula is C11H11NOS. The predicted octanol–water partition coefficient (Wildman–Crippen LogP) is 2.34. The highest BCUT2D eigenvalue weighted by Gasteiger charge is 1.98. The van der Waals surface area contributed by atoms with Crippen LogP contribution >= 0.6 is 11.3 Å². The van der Waals surface area contributed by atoms with E-state index in [0.29, 0.717) is 0 Å². The zero-order chi connectivity index (χ0) is 9.80. The summed E-state index contributed by atoms with van der Waals surface area (Å²) in [4.78, 5) is 4.23. The maximum atomic E-state index is 8.76. The molecule has 0 aliphatic heterocycles. The largest absolute Gasteiger partial charge is 0.396 e. The van der Waals surface area contributed by atoms with E-state index in [1.165, 1.54) is 0 Å². The Bertz CT molecular complexity index is 380. The zero-order valence-corrected chi connectivity index (χ0v) is 8.50. The Morgan fingerprint density at radius 1 is 1.21 bits per heavy atom. The first-order chi connectivity index (χ1) is 6.90. The fraction of sp³-hybridized carbons (Fsp3) is 0.182. The van der Waals surface area contributed by atoms with E-state index in [0.717, 1.165) is 23.2 Å². The van der Waals surface area contributed by atoms with Crippen LogP contribution in [0.2, 0.25) is 0 Å². The fourth-order valence-corrected chi connectivity index (χ4v) is 1.89. The molecule has 0 bridgehead atoms. The summed E-state index contributed by atoms with van der Waals surface area (Å²) in [5.41, 5.74) is 5.14. The number of nitrogens with zero attached hydrogens (tertiary/aromatic N) is 1. The standard InChI is InChI=1S/C11H11NOS/c13-6-5-9-1-3-10(4-2-9)11-7-14-8-12-11/h1-4,7-8,13H,5-6H2. The van der Waals surface area contributed by atoms with E-state index in [4.69, 9.17) is 5.11 Å². The van der Waals surface area contributed by atoms with Crippen LogP contribution in [0.25, 0.3) is 11.3 Å². The molecule has 2 rings (SSSR count). The molecule has 0 amide bonds. The van der Waals surface area contributed by atoms with E-state index in [1.54, 1.807) is 11.3 Å². The van der Waals surface area contributed by atoms with Crippen LogP contribution in [0.1, 0.15) is 5.56 Å². The Kier molecular flexibility index (Phi) is 2.91. The number of benzene rings is 1. The number of rotatable bonds is 3. The van der Waals surface area contributed by atoms with Crippen molar-refractivity contribution in [2.75, 3.05) is 6.61 Å². The molecule has 1 N–H and O–H groups in total. The summed E-state index contributed by atoms with van der Waals surface area (Å²) < 4.78 is 0. The van der Waals surface area contributed by atoms with Crippen LogP contribution in [0.3, 0.4) is 0 Å². The molecule has 0 unspecified atom stereocenters. The number of hydrogen-bond acceptors (Lipinski definition) is 3. The molecule has 0 saturated heterocycles. The average Bonchev–Trinajstić information content (AvgIpc) is 2.72. The van der Waals surface area contributed by atoms with Crippen molar-refractivity contribution in [1.29, 1.82) is 0 Å². The first-order valence-electron chi connectivity index (χ1n) is 4.48. The molecule has 0 fully saturated rings. The van der Waals surface area contributed by atoms with Crippen LogP contribution < -0.4 is 0 Å². The van der Waals surface area contributed by atoms with E-state index >= 15 is 0 Å². The summed E-state index contributed by atoms with van der Waals surface area (Å²) in [6, 6.07) is 8.15. The predicted molar refractivity (Wildman–Crippen MR) is 58.3 cm³/mol. The van der Waals surface area contributed by atoms with Gasteiger partial charge in [-0.1, -0.05) is 24.3 Å². The number of aliphatic hydroxyl groups is 1. The summed E-state index contributed by atoms with van der Waals surface area (Å²) >= 11 is 1.60. The van der Waals surface area contributed by atoms with Gasteiger partial charge < -0.3 is 5.11 Å². The first kappa shape index (κ1) is 9.37. The average molecular weight is 205 g/mol. The number of hydrogen-bond donors (Lipinski definition) is 1. The summed E-state index contributed by atoms with van der Waals surface area (Å²) in [5.74, 6) is 0. The number of aliphatic hydroxyl groups excluding tert-OH is 1. The van der Waals surface area contributed by atoms with Crippen molar-refractivity contribution < 1.29 is 5.11 Å². The lowest BCUT2D eigenvalue weighted by Gasteiger charge is -1.99.